The zero-order valence-electron chi connectivity index (χ0n) is 15.7. The molecule has 1 aliphatic carbocycles. The van der Waals surface area contributed by atoms with Crippen LogP contribution in [0.1, 0.15) is 25.7 Å². The minimum atomic E-state index is -0.159. The van der Waals surface area contributed by atoms with Crippen LogP contribution in [-0.2, 0) is 7.05 Å². The Morgan fingerprint density at radius 2 is 1.96 bits per heavy atom. The highest BCUT2D eigenvalue weighted by Crippen LogP contribution is 2.24. The van der Waals surface area contributed by atoms with E-state index >= 15 is 0 Å². The van der Waals surface area contributed by atoms with Crippen molar-refractivity contribution < 1.29 is 5.11 Å². The molecular weight excluding hydrogens is 354 g/mol. The Morgan fingerprint density at radius 1 is 1.11 bits per heavy atom. The summed E-state index contributed by atoms with van der Waals surface area (Å²) in [5.74, 6) is 1.47. The van der Waals surface area contributed by atoms with Crippen molar-refractivity contribution in [3.8, 4) is 0 Å². The fourth-order valence-electron chi connectivity index (χ4n) is 3.85. The fraction of sp³-hybridized carbons (Fsp3) is 0.350. The van der Waals surface area contributed by atoms with Crippen LogP contribution in [0.25, 0.3) is 16.6 Å². The lowest BCUT2D eigenvalue weighted by Gasteiger charge is -2.26. The summed E-state index contributed by atoms with van der Waals surface area (Å²) in [4.78, 5) is 4.60. The Balaban J connectivity index is 1.40. The van der Waals surface area contributed by atoms with Gasteiger partial charge in [0, 0.05) is 24.2 Å². The summed E-state index contributed by atoms with van der Waals surface area (Å²) in [6.45, 7) is 0. The first-order chi connectivity index (χ1) is 13.7. The molecule has 5 rings (SSSR count). The Kier molecular flexibility index (Phi) is 4.12. The van der Waals surface area contributed by atoms with Crippen molar-refractivity contribution in [3.63, 3.8) is 0 Å². The van der Waals surface area contributed by atoms with Crippen LogP contribution in [0.3, 0.4) is 0 Å². The zero-order valence-corrected chi connectivity index (χ0v) is 15.7. The lowest BCUT2D eigenvalue weighted by Crippen LogP contribution is -2.29. The molecule has 0 aliphatic heterocycles. The van der Waals surface area contributed by atoms with Crippen LogP contribution >= 0.6 is 0 Å². The van der Waals surface area contributed by atoms with E-state index in [0.29, 0.717) is 12.0 Å². The van der Waals surface area contributed by atoms with Crippen LogP contribution in [0, 0.1) is 0 Å². The van der Waals surface area contributed by atoms with Gasteiger partial charge in [0.1, 0.15) is 5.82 Å². The molecule has 0 radical (unpaired) electrons. The predicted octanol–water partition coefficient (Wildman–Crippen LogP) is 3.08. The molecule has 0 atom stereocenters. The molecule has 0 spiro atoms. The van der Waals surface area contributed by atoms with Crippen LogP contribution in [0.5, 0.6) is 0 Å². The third-order valence-corrected chi connectivity index (χ3v) is 5.41. The van der Waals surface area contributed by atoms with Crippen molar-refractivity contribution in [1.29, 1.82) is 0 Å². The van der Waals surface area contributed by atoms with Crippen molar-refractivity contribution in [2.24, 2.45) is 7.05 Å². The van der Waals surface area contributed by atoms with Gasteiger partial charge in [0.05, 0.1) is 17.8 Å². The average molecular weight is 377 g/mol. The van der Waals surface area contributed by atoms with Gasteiger partial charge in [-0.15, -0.1) is 5.10 Å². The van der Waals surface area contributed by atoms with Crippen molar-refractivity contribution in [3.05, 3.63) is 42.6 Å². The Morgan fingerprint density at radius 3 is 2.82 bits per heavy atom. The number of aryl methyl sites for hydroxylation is 1. The van der Waals surface area contributed by atoms with Gasteiger partial charge in [-0.3, -0.25) is 4.68 Å². The molecule has 0 unspecified atom stereocenters. The predicted molar refractivity (Wildman–Crippen MR) is 109 cm³/mol. The normalized spacial score (nSPS) is 19.9. The standard InChI is InChI=1S/C20H23N7O/c1-26-17-11-15(6-5-13(17)12-21-26)23-20-24-19-4-2-3-18(27(19)25-20)22-14-7-9-16(28)10-8-14/h2-6,11-12,14,16,22,28H,7-10H2,1H3,(H,23,25)/t14-,16+. The third kappa shape index (κ3) is 3.16. The molecule has 8 heteroatoms. The SMILES string of the molecule is Cn1ncc2ccc(Nc3nc4cccc(N[C@H]5CC[C@@H](O)CC5)n4n3)cc21. The second kappa shape index (κ2) is 6.79. The van der Waals surface area contributed by atoms with Crippen molar-refractivity contribution in [2.45, 2.75) is 37.8 Å². The number of rotatable bonds is 4. The number of aromatic nitrogens is 5. The Hall–Kier alpha value is -3.13. The summed E-state index contributed by atoms with van der Waals surface area (Å²) in [6, 6.07) is 12.4. The van der Waals surface area contributed by atoms with Gasteiger partial charge in [0.15, 0.2) is 5.65 Å². The highest BCUT2D eigenvalue weighted by molar-refractivity contribution is 5.83. The number of benzene rings is 1. The molecule has 28 heavy (non-hydrogen) atoms. The number of fused-ring (bicyclic) bond motifs is 2. The van der Waals surface area contributed by atoms with Gasteiger partial charge >= 0.3 is 0 Å². The summed E-state index contributed by atoms with van der Waals surface area (Å²) in [7, 11) is 1.93. The molecule has 1 aliphatic rings. The first-order valence-electron chi connectivity index (χ1n) is 9.65. The number of pyridine rings is 1. The molecule has 0 amide bonds. The van der Waals surface area contributed by atoms with E-state index in [9.17, 15) is 5.11 Å². The molecule has 1 fully saturated rings. The fourth-order valence-corrected chi connectivity index (χ4v) is 3.85. The zero-order chi connectivity index (χ0) is 19.1. The van der Waals surface area contributed by atoms with Gasteiger partial charge in [-0.05, 0) is 56.0 Å². The van der Waals surface area contributed by atoms with E-state index < -0.39 is 0 Å². The molecule has 3 N–H and O–H groups in total. The minimum Gasteiger partial charge on any atom is -0.393 e. The quantitative estimate of drug-likeness (QED) is 0.506. The molecule has 8 nitrogen and oxygen atoms in total. The second-order valence-corrected chi connectivity index (χ2v) is 7.43. The highest BCUT2D eigenvalue weighted by Gasteiger charge is 2.20. The van der Waals surface area contributed by atoms with E-state index in [-0.39, 0.29) is 6.10 Å². The van der Waals surface area contributed by atoms with E-state index in [4.69, 9.17) is 0 Å². The molecule has 144 valence electrons. The summed E-state index contributed by atoms with van der Waals surface area (Å²) in [6.07, 6.45) is 5.30. The Labute approximate surface area is 162 Å². The molecule has 4 aromatic rings. The van der Waals surface area contributed by atoms with Gasteiger partial charge in [-0.25, -0.2) is 0 Å². The number of anilines is 3. The van der Waals surface area contributed by atoms with E-state index in [2.05, 4.69) is 25.8 Å². The molecular formula is C20H23N7O. The molecule has 1 aromatic carbocycles. The van der Waals surface area contributed by atoms with E-state index in [1.807, 2.05) is 58.8 Å². The highest BCUT2D eigenvalue weighted by atomic mass is 16.3. The third-order valence-electron chi connectivity index (χ3n) is 5.41. The second-order valence-electron chi connectivity index (χ2n) is 7.43. The van der Waals surface area contributed by atoms with Gasteiger partial charge in [-0.2, -0.15) is 14.6 Å². The maximum Gasteiger partial charge on any atom is 0.247 e. The van der Waals surface area contributed by atoms with Crippen molar-refractivity contribution in [1.82, 2.24) is 24.4 Å². The number of hydrogen-bond donors (Lipinski definition) is 3. The topological polar surface area (TPSA) is 92.3 Å². The lowest BCUT2D eigenvalue weighted by atomic mass is 9.93. The summed E-state index contributed by atoms with van der Waals surface area (Å²) in [5.41, 5.74) is 2.75. The largest absolute Gasteiger partial charge is 0.393 e. The van der Waals surface area contributed by atoms with Gasteiger partial charge in [0.25, 0.3) is 0 Å². The smallest absolute Gasteiger partial charge is 0.247 e. The van der Waals surface area contributed by atoms with Crippen molar-refractivity contribution in [2.75, 3.05) is 10.6 Å². The van der Waals surface area contributed by atoms with E-state index in [1.165, 1.54) is 0 Å². The van der Waals surface area contributed by atoms with Gasteiger partial charge < -0.3 is 15.7 Å². The first-order valence-corrected chi connectivity index (χ1v) is 9.65. The van der Waals surface area contributed by atoms with Gasteiger partial charge in [-0.1, -0.05) is 6.07 Å². The molecule has 3 aromatic heterocycles. The summed E-state index contributed by atoms with van der Waals surface area (Å²) < 4.78 is 3.68. The van der Waals surface area contributed by atoms with Crippen LogP contribution < -0.4 is 10.6 Å². The maximum absolute atomic E-state index is 9.71. The van der Waals surface area contributed by atoms with E-state index in [0.717, 1.165) is 53.7 Å². The minimum absolute atomic E-state index is 0.159. The molecule has 3 heterocycles. The van der Waals surface area contributed by atoms with Crippen LogP contribution in [0.15, 0.2) is 42.6 Å². The monoisotopic (exact) mass is 377 g/mol. The first kappa shape index (κ1) is 17.0. The van der Waals surface area contributed by atoms with Crippen molar-refractivity contribution >= 4 is 34.0 Å². The lowest BCUT2D eigenvalue weighted by molar-refractivity contribution is 0.126. The number of aliphatic hydroxyl groups is 1. The summed E-state index contributed by atoms with van der Waals surface area (Å²) in [5, 5.41) is 26.6. The molecule has 0 saturated heterocycles. The van der Waals surface area contributed by atoms with Crippen LogP contribution in [-0.4, -0.2) is 41.6 Å². The number of nitrogens with one attached hydrogen (secondary N) is 2. The number of aliphatic hydroxyl groups excluding tert-OH is 1. The molecule has 0 bridgehead atoms. The summed E-state index contributed by atoms with van der Waals surface area (Å²) >= 11 is 0. The Bertz CT molecular complexity index is 1120. The number of nitrogens with zero attached hydrogens (tertiary/aromatic N) is 5. The maximum atomic E-state index is 9.71. The van der Waals surface area contributed by atoms with Gasteiger partial charge in [0.2, 0.25) is 5.95 Å². The number of hydrogen-bond acceptors (Lipinski definition) is 6. The van der Waals surface area contributed by atoms with E-state index in [1.54, 1.807) is 0 Å². The average Bonchev–Trinajstić information content (AvgIpc) is 3.28. The molecule has 1 saturated carbocycles. The van der Waals surface area contributed by atoms with Crippen LogP contribution in [0.2, 0.25) is 0 Å². The van der Waals surface area contributed by atoms with Crippen LogP contribution in [0.4, 0.5) is 17.5 Å².